The van der Waals surface area contributed by atoms with Crippen LogP contribution < -0.4 is 20.3 Å². The number of hydrogen-bond acceptors (Lipinski definition) is 4. The molecule has 0 spiro atoms. The quantitative estimate of drug-likeness (QED) is 0.786. The Balaban J connectivity index is 1.51. The first kappa shape index (κ1) is 18.1. The van der Waals surface area contributed by atoms with E-state index < -0.39 is 0 Å². The minimum atomic E-state index is -0.0998. The molecule has 0 unspecified atom stereocenters. The summed E-state index contributed by atoms with van der Waals surface area (Å²) in [4.78, 5) is 14.6. The van der Waals surface area contributed by atoms with Crippen molar-refractivity contribution in [3.63, 3.8) is 0 Å². The maximum absolute atomic E-state index is 12.2. The summed E-state index contributed by atoms with van der Waals surface area (Å²) in [7, 11) is 0. The van der Waals surface area contributed by atoms with E-state index in [9.17, 15) is 4.79 Å². The summed E-state index contributed by atoms with van der Waals surface area (Å²) in [6.07, 6.45) is 3.87. The first-order valence-corrected chi connectivity index (χ1v) is 9.37. The molecule has 5 heteroatoms. The largest absolute Gasteiger partial charge is 0.492 e. The van der Waals surface area contributed by atoms with Crippen LogP contribution in [0.3, 0.4) is 0 Å². The number of anilines is 3. The number of amides is 1. The lowest BCUT2D eigenvalue weighted by molar-refractivity contribution is -0.114. The number of carbonyl (C=O) groups excluding carboxylic acids is 1. The van der Waals surface area contributed by atoms with Gasteiger partial charge in [-0.15, -0.1) is 0 Å². The van der Waals surface area contributed by atoms with Crippen molar-refractivity contribution in [2.45, 2.75) is 26.2 Å². The van der Waals surface area contributed by atoms with Gasteiger partial charge in [0, 0.05) is 24.5 Å². The highest BCUT2D eigenvalue weighted by atomic mass is 16.5. The van der Waals surface area contributed by atoms with E-state index in [1.165, 1.54) is 24.9 Å². The predicted molar refractivity (Wildman–Crippen MR) is 107 cm³/mol. The fourth-order valence-electron chi connectivity index (χ4n) is 3.17. The van der Waals surface area contributed by atoms with Crippen LogP contribution in [0.4, 0.5) is 17.1 Å². The van der Waals surface area contributed by atoms with Crippen LogP contribution in [0.5, 0.6) is 5.75 Å². The van der Waals surface area contributed by atoms with Gasteiger partial charge < -0.3 is 20.3 Å². The normalized spacial score (nSPS) is 14.0. The average molecular weight is 353 g/mol. The van der Waals surface area contributed by atoms with E-state index in [0.717, 1.165) is 18.8 Å². The Bertz CT molecular complexity index is 709. The highest BCUT2D eigenvalue weighted by Gasteiger charge is 2.11. The number of hydrogen-bond donors (Lipinski definition) is 2. The molecule has 1 saturated heterocycles. The van der Waals surface area contributed by atoms with Gasteiger partial charge in [0.15, 0.2) is 0 Å². The molecule has 0 radical (unpaired) electrons. The molecule has 0 aliphatic carbocycles. The molecule has 1 fully saturated rings. The Kier molecular flexibility index (Phi) is 6.36. The first-order valence-electron chi connectivity index (χ1n) is 9.37. The first-order chi connectivity index (χ1) is 12.8. The summed E-state index contributed by atoms with van der Waals surface area (Å²) in [5.74, 6) is 0.589. The molecular weight excluding hydrogens is 326 g/mol. The van der Waals surface area contributed by atoms with E-state index in [0.29, 0.717) is 18.0 Å². The van der Waals surface area contributed by atoms with Gasteiger partial charge in [-0.25, -0.2) is 0 Å². The van der Waals surface area contributed by atoms with Crippen molar-refractivity contribution in [3.8, 4) is 5.75 Å². The highest BCUT2D eigenvalue weighted by Crippen LogP contribution is 2.24. The molecule has 2 aromatic carbocycles. The molecule has 1 aliphatic heterocycles. The van der Waals surface area contributed by atoms with Crippen LogP contribution in [-0.4, -0.2) is 32.1 Å². The number of nitrogens with one attached hydrogen (secondary N) is 2. The van der Waals surface area contributed by atoms with E-state index in [4.69, 9.17) is 4.74 Å². The van der Waals surface area contributed by atoms with Crippen LogP contribution in [0.1, 0.15) is 26.2 Å². The van der Waals surface area contributed by atoms with Gasteiger partial charge in [-0.3, -0.25) is 4.79 Å². The van der Waals surface area contributed by atoms with Gasteiger partial charge in [0.2, 0.25) is 5.91 Å². The van der Waals surface area contributed by atoms with Crippen molar-refractivity contribution in [1.29, 1.82) is 0 Å². The predicted octanol–water partition coefficient (Wildman–Crippen LogP) is 4.13. The Morgan fingerprint density at radius 2 is 1.77 bits per heavy atom. The van der Waals surface area contributed by atoms with Crippen LogP contribution in [0.15, 0.2) is 48.5 Å². The Hall–Kier alpha value is -2.69. The molecule has 138 valence electrons. The smallest absolute Gasteiger partial charge is 0.243 e. The summed E-state index contributed by atoms with van der Waals surface area (Å²) in [6.45, 7) is 4.97. The van der Waals surface area contributed by atoms with Gasteiger partial charge in [0.05, 0.1) is 18.8 Å². The fraction of sp³-hybridized carbons (Fsp3) is 0.381. The van der Waals surface area contributed by atoms with Crippen molar-refractivity contribution >= 4 is 23.0 Å². The third kappa shape index (κ3) is 4.91. The molecular formula is C21H27N3O2. The van der Waals surface area contributed by atoms with Gasteiger partial charge in [0.1, 0.15) is 5.75 Å². The lowest BCUT2D eigenvalue weighted by Gasteiger charge is -2.28. The zero-order valence-corrected chi connectivity index (χ0v) is 15.3. The second-order valence-electron chi connectivity index (χ2n) is 6.43. The zero-order valence-electron chi connectivity index (χ0n) is 15.3. The zero-order chi connectivity index (χ0) is 18.2. The highest BCUT2D eigenvalue weighted by molar-refractivity contribution is 5.95. The Morgan fingerprint density at radius 3 is 2.50 bits per heavy atom. The molecule has 0 saturated carbocycles. The van der Waals surface area contributed by atoms with Gasteiger partial charge in [-0.2, -0.15) is 0 Å². The van der Waals surface area contributed by atoms with E-state index >= 15 is 0 Å². The second-order valence-corrected chi connectivity index (χ2v) is 6.43. The van der Waals surface area contributed by atoms with Crippen LogP contribution in [0, 0.1) is 0 Å². The van der Waals surface area contributed by atoms with Crippen molar-refractivity contribution in [3.05, 3.63) is 48.5 Å². The number of benzene rings is 2. The van der Waals surface area contributed by atoms with E-state index in [1.54, 1.807) is 0 Å². The minimum absolute atomic E-state index is 0.0998. The number of piperidine rings is 1. The van der Waals surface area contributed by atoms with E-state index in [1.807, 2.05) is 43.3 Å². The molecule has 0 aromatic heterocycles. The summed E-state index contributed by atoms with van der Waals surface area (Å²) in [5.41, 5.74) is 2.89. The van der Waals surface area contributed by atoms with Crippen LogP contribution in [0.2, 0.25) is 0 Å². The minimum Gasteiger partial charge on any atom is -0.492 e. The van der Waals surface area contributed by atoms with Crippen LogP contribution >= 0.6 is 0 Å². The molecule has 1 heterocycles. The lowest BCUT2D eigenvalue weighted by atomic mass is 10.1. The molecule has 0 atom stereocenters. The Morgan fingerprint density at radius 1 is 1.04 bits per heavy atom. The summed E-state index contributed by atoms with van der Waals surface area (Å²) in [6, 6.07) is 15.8. The van der Waals surface area contributed by atoms with Gasteiger partial charge in [0.25, 0.3) is 0 Å². The maximum atomic E-state index is 12.2. The molecule has 5 nitrogen and oxygen atoms in total. The molecule has 0 bridgehead atoms. The monoisotopic (exact) mass is 353 g/mol. The van der Waals surface area contributed by atoms with Crippen molar-refractivity contribution in [2.75, 3.05) is 41.8 Å². The topological polar surface area (TPSA) is 53.6 Å². The molecule has 26 heavy (non-hydrogen) atoms. The number of ether oxygens (including phenoxy) is 1. The van der Waals surface area contributed by atoms with Gasteiger partial charge in [-0.1, -0.05) is 12.1 Å². The summed E-state index contributed by atoms with van der Waals surface area (Å²) < 4.78 is 5.53. The molecule has 2 aromatic rings. The van der Waals surface area contributed by atoms with Gasteiger partial charge in [-0.05, 0) is 62.6 Å². The van der Waals surface area contributed by atoms with Crippen molar-refractivity contribution in [2.24, 2.45) is 0 Å². The standard InChI is InChI=1S/C21H27N3O2/c1-2-26-20-9-5-4-8-19(20)23-21(25)16-22-17-10-12-18(13-11-17)24-14-6-3-7-15-24/h4-5,8-13,22H,2-3,6-7,14-16H2,1H3,(H,23,25). The van der Waals surface area contributed by atoms with Crippen LogP contribution in [-0.2, 0) is 4.79 Å². The molecule has 1 aliphatic rings. The number of rotatable bonds is 7. The fourth-order valence-corrected chi connectivity index (χ4v) is 3.17. The maximum Gasteiger partial charge on any atom is 0.243 e. The number of nitrogens with zero attached hydrogens (tertiary/aromatic N) is 1. The molecule has 1 amide bonds. The lowest BCUT2D eigenvalue weighted by Crippen LogP contribution is -2.29. The van der Waals surface area contributed by atoms with Gasteiger partial charge >= 0.3 is 0 Å². The van der Waals surface area contributed by atoms with E-state index in [2.05, 4.69) is 27.7 Å². The Labute approximate surface area is 155 Å². The molecule has 2 N–H and O–H groups in total. The van der Waals surface area contributed by atoms with Crippen molar-refractivity contribution < 1.29 is 9.53 Å². The third-order valence-electron chi connectivity index (χ3n) is 4.50. The summed E-state index contributed by atoms with van der Waals surface area (Å²) >= 11 is 0. The molecule has 3 rings (SSSR count). The van der Waals surface area contributed by atoms with Crippen molar-refractivity contribution in [1.82, 2.24) is 0 Å². The SMILES string of the molecule is CCOc1ccccc1NC(=O)CNc1ccc(N2CCCCC2)cc1. The third-order valence-corrected chi connectivity index (χ3v) is 4.50. The van der Waals surface area contributed by atoms with E-state index in [-0.39, 0.29) is 12.5 Å². The number of carbonyl (C=O) groups is 1. The summed E-state index contributed by atoms with van der Waals surface area (Å²) in [5, 5.41) is 6.07. The average Bonchev–Trinajstić information content (AvgIpc) is 2.69. The van der Waals surface area contributed by atoms with Crippen LogP contribution in [0.25, 0.3) is 0 Å². The second kappa shape index (κ2) is 9.13. The number of para-hydroxylation sites is 2.